The zero-order chi connectivity index (χ0) is 38.0. The first kappa shape index (κ1) is 36.3. The Morgan fingerprint density at radius 3 is 1.21 bits per heavy atom. The monoisotopic (exact) mass is 745 g/mol. The SMILES string of the molecule is Fc1c(F)c(F)c([B-](/C=C(\C2=CC=[N+](C3C=CC=C3)C2)c2ccccc2)(c2c(F)c(F)c(F)c(F)c2F)c2c(F)c(F)c(F)c(F)c2F)c(F)c1F. The second kappa shape index (κ2) is 13.3. The Morgan fingerprint density at radius 1 is 0.500 bits per heavy atom. The van der Waals surface area contributed by atoms with Crippen molar-refractivity contribution in [2.75, 3.05) is 6.54 Å². The molecule has 0 saturated carbocycles. The maximum atomic E-state index is 16.1. The molecule has 0 atom stereocenters. The van der Waals surface area contributed by atoms with E-state index in [2.05, 4.69) is 0 Å². The van der Waals surface area contributed by atoms with Gasteiger partial charge in [0.1, 0.15) is 41.0 Å². The van der Waals surface area contributed by atoms with E-state index in [1.54, 1.807) is 24.3 Å². The Balaban J connectivity index is 1.93. The van der Waals surface area contributed by atoms with Gasteiger partial charge in [0.15, 0.2) is 71.2 Å². The van der Waals surface area contributed by atoms with Crippen molar-refractivity contribution in [1.82, 2.24) is 0 Å². The zero-order valence-electron chi connectivity index (χ0n) is 25.4. The number of hydrogen-bond donors (Lipinski definition) is 0. The Kier molecular flexibility index (Phi) is 9.26. The zero-order valence-corrected chi connectivity index (χ0v) is 25.4. The van der Waals surface area contributed by atoms with Gasteiger partial charge in [-0.1, -0.05) is 42.5 Å². The average molecular weight is 745 g/mol. The number of hydrogen-bond acceptors (Lipinski definition) is 0. The lowest BCUT2D eigenvalue weighted by Gasteiger charge is -2.42. The van der Waals surface area contributed by atoms with E-state index in [4.69, 9.17) is 0 Å². The van der Waals surface area contributed by atoms with Crippen LogP contribution in [0.3, 0.4) is 0 Å². The van der Waals surface area contributed by atoms with E-state index in [0.29, 0.717) is 0 Å². The van der Waals surface area contributed by atoms with Crippen molar-refractivity contribution in [1.29, 1.82) is 0 Å². The van der Waals surface area contributed by atoms with E-state index < -0.39 is 121 Å². The fourth-order valence-electron chi connectivity index (χ4n) is 6.51. The van der Waals surface area contributed by atoms with Crippen molar-refractivity contribution < 1.29 is 70.4 Å². The molecule has 17 heteroatoms. The lowest BCUT2D eigenvalue weighted by atomic mass is 9.14. The molecule has 4 aromatic rings. The van der Waals surface area contributed by atoms with Gasteiger partial charge in [-0.05, 0) is 23.3 Å². The van der Waals surface area contributed by atoms with Gasteiger partial charge >= 0.3 is 0 Å². The van der Waals surface area contributed by atoms with Crippen LogP contribution in [0.25, 0.3) is 5.57 Å². The Morgan fingerprint density at radius 2 is 0.846 bits per heavy atom. The van der Waals surface area contributed by atoms with Gasteiger partial charge in [0.05, 0.1) is 0 Å². The fraction of sp³-hybridized carbons (Fsp3) is 0.0571. The molecule has 0 radical (unpaired) electrons. The van der Waals surface area contributed by atoms with E-state index >= 15 is 52.7 Å². The normalized spacial score (nSPS) is 14.9. The van der Waals surface area contributed by atoms with Crippen molar-refractivity contribution in [2.45, 2.75) is 6.04 Å². The maximum absolute atomic E-state index is 16.1. The summed E-state index contributed by atoms with van der Waals surface area (Å²) < 4.78 is 231. The minimum absolute atomic E-state index is 0.00628. The van der Waals surface area contributed by atoms with Gasteiger partial charge in [0.25, 0.3) is 0 Å². The summed E-state index contributed by atoms with van der Waals surface area (Å²) in [5.41, 5.74) is -9.17. The van der Waals surface area contributed by atoms with Crippen molar-refractivity contribution in [2.24, 2.45) is 0 Å². The fourth-order valence-corrected chi connectivity index (χ4v) is 6.51. The number of halogens is 15. The summed E-state index contributed by atoms with van der Waals surface area (Å²) >= 11 is 0. The molecule has 1 nitrogen and oxygen atoms in total. The third-order valence-corrected chi connectivity index (χ3v) is 8.88. The van der Waals surface area contributed by atoms with E-state index in [-0.39, 0.29) is 23.7 Å². The average Bonchev–Trinajstić information content (AvgIpc) is 3.86. The molecule has 1 heterocycles. The van der Waals surface area contributed by atoms with Gasteiger partial charge in [0, 0.05) is 11.6 Å². The first-order chi connectivity index (χ1) is 24.6. The second-order valence-electron chi connectivity index (χ2n) is 11.6. The summed E-state index contributed by atoms with van der Waals surface area (Å²) in [5, 5.41) is 0. The lowest BCUT2D eigenvalue weighted by molar-refractivity contribution is -0.526. The molecule has 0 fully saturated rings. The van der Waals surface area contributed by atoms with Crippen LogP contribution in [0.4, 0.5) is 65.9 Å². The van der Waals surface area contributed by atoms with E-state index in [0.717, 1.165) is 12.1 Å². The maximum Gasteiger partial charge on any atom is 0.200 e. The van der Waals surface area contributed by atoms with Crippen molar-refractivity contribution >= 4 is 34.3 Å². The molecule has 0 aromatic heterocycles. The van der Waals surface area contributed by atoms with Gasteiger partial charge in [-0.2, -0.15) is 0 Å². The Hall–Kier alpha value is -5.48. The molecule has 1 aliphatic carbocycles. The van der Waals surface area contributed by atoms with Crippen LogP contribution in [0.15, 0.2) is 72.3 Å². The highest BCUT2D eigenvalue weighted by Crippen LogP contribution is 2.33. The molecule has 0 saturated heterocycles. The van der Waals surface area contributed by atoms with Crippen molar-refractivity contribution in [3.8, 4) is 0 Å². The lowest BCUT2D eigenvalue weighted by Crippen LogP contribution is -2.72. The van der Waals surface area contributed by atoms with Crippen LogP contribution in [0.2, 0.25) is 0 Å². The van der Waals surface area contributed by atoms with Gasteiger partial charge in [-0.15, -0.1) is 16.4 Å². The molecule has 1 aliphatic heterocycles. The Bertz CT molecular complexity index is 2080. The quantitative estimate of drug-likeness (QED) is 0.0611. The van der Waals surface area contributed by atoms with Crippen LogP contribution in [0.1, 0.15) is 5.56 Å². The topological polar surface area (TPSA) is 3.01 Å². The third kappa shape index (κ3) is 5.35. The molecule has 0 amide bonds. The Labute approximate surface area is 282 Å². The number of nitrogens with zero attached hydrogens (tertiary/aromatic N) is 1. The smallest absolute Gasteiger partial charge is 0.200 e. The summed E-state index contributed by atoms with van der Waals surface area (Å²) in [6, 6.07) is 5.66. The summed E-state index contributed by atoms with van der Waals surface area (Å²) in [4.78, 5) is 0. The minimum Gasteiger partial charge on any atom is -0.222 e. The highest BCUT2D eigenvalue weighted by molar-refractivity contribution is 7.15. The van der Waals surface area contributed by atoms with Crippen LogP contribution < -0.4 is 16.4 Å². The molecular formula is C35H15BF15N. The summed E-state index contributed by atoms with van der Waals surface area (Å²) in [5.74, 6) is -45.7. The highest BCUT2D eigenvalue weighted by Gasteiger charge is 2.47. The first-order valence-electron chi connectivity index (χ1n) is 14.7. The van der Waals surface area contributed by atoms with Crippen molar-refractivity contribution in [3.63, 3.8) is 0 Å². The van der Waals surface area contributed by atoms with Crippen molar-refractivity contribution in [3.05, 3.63) is 165 Å². The summed E-state index contributed by atoms with van der Waals surface area (Å²) in [6.07, 6.45) is 3.19. The van der Waals surface area contributed by atoms with Gasteiger partial charge in [0.2, 0.25) is 0 Å². The standard InChI is InChI=1S/C35H15BF15N/c37-21-18(22(38)28(44)33(49)27(21)43)36(19-23(39)29(45)34(50)30(46)24(19)40,20-25(41)31(47)35(51)32(48)26(20)42)12-17(14-6-2-1-3-7-14)15-10-11-52(13-15)16-8-4-5-9-16/h1-12,16H,13H2/b17-12-. The highest BCUT2D eigenvalue weighted by atomic mass is 19.2. The number of benzene rings is 4. The summed E-state index contributed by atoms with van der Waals surface area (Å²) in [7, 11) is 0. The molecule has 2 aliphatic rings. The molecule has 0 spiro atoms. The van der Waals surface area contributed by atoms with E-state index in [1.807, 2.05) is 0 Å². The predicted octanol–water partition coefficient (Wildman–Crippen LogP) is 7.38. The molecule has 0 bridgehead atoms. The minimum atomic E-state index is -5.90. The molecule has 0 unspecified atom stereocenters. The number of rotatable bonds is 7. The molecule has 4 aromatic carbocycles. The molecule has 52 heavy (non-hydrogen) atoms. The van der Waals surface area contributed by atoms with Crippen LogP contribution in [0.5, 0.6) is 0 Å². The second-order valence-corrected chi connectivity index (χ2v) is 11.6. The van der Waals surface area contributed by atoms with E-state index in [1.165, 1.54) is 35.1 Å². The predicted molar refractivity (Wildman–Crippen MR) is 159 cm³/mol. The van der Waals surface area contributed by atoms with Gasteiger partial charge in [-0.3, -0.25) is 0 Å². The van der Waals surface area contributed by atoms with Crippen LogP contribution in [0, 0.1) is 87.3 Å². The van der Waals surface area contributed by atoms with Gasteiger partial charge < -0.3 is 0 Å². The molecule has 0 N–H and O–H groups in total. The third-order valence-electron chi connectivity index (χ3n) is 8.88. The molecular weight excluding hydrogens is 730 g/mol. The first-order valence-corrected chi connectivity index (χ1v) is 14.7. The van der Waals surface area contributed by atoms with Crippen LogP contribution in [-0.2, 0) is 0 Å². The van der Waals surface area contributed by atoms with E-state index in [9.17, 15) is 13.2 Å². The number of allylic oxidation sites excluding steroid dienone is 3. The molecule has 268 valence electrons. The van der Waals surface area contributed by atoms with Crippen LogP contribution >= 0.6 is 0 Å². The van der Waals surface area contributed by atoms with Crippen LogP contribution in [-0.4, -0.2) is 29.5 Å². The largest absolute Gasteiger partial charge is 0.222 e. The summed E-state index contributed by atoms with van der Waals surface area (Å²) in [6.45, 7) is -0.322. The molecule has 6 rings (SSSR count). The van der Waals surface area contributed by atoms with Gasteiger partial charge in [-0.25, -0.2) is 76.4 Å².